The van der Waals surface area contributed by atoms with Crippen LogP contribution >= 0.6 is 11.8 Å². The lowest BCUT2D eigenvalue weighted by Crippen LogP contribution is -2.30. The first kappa shape index (κ1) is 24.7. The van der Waals surface area contributed by atoms with Crippen LogP contribution in [-0.4, -0.2) is 38.5 Å². The summed E-state index contributed by atoms with van der Waals surface area (Å²) >= 11 is 1.10. The van der Waals surface area contributed by atoms with Gasteiger partial charge in [-0.25, -0.2) is 4.79 Å². The molecule has 0 saturated carbocycles. The molecule has 1 amide bonds. The van der Waals surface area contributed by atoms with Gasteiger partial charge in [0, 0.05) is 5.56 Å². The van der Waals surface area contributed by atoms with Crippen molar-refractivity contribution in [3.63, 3.8) is 0 Å². The van der Waals surface area contributed by atoms with E-state index in [-0.39, 0.29) is 23.5 Å². The van der Waals surface area contributed by atoms with Crippen molar-refractivity contribution in [3.05, 3.63) is 75.8 Å². The summed E-state index contributed by atoms with van der Waals surface area (Å²) in [5.74, 6) is -1.01. The van der Waals surface area contributed by atoms with Crippen molar-refractivity contribution in [1.82, 2.24) is 5.32 Å². The molecular formula is C25H25N3O5S. The number of carbonyl (C=O) groups excluding carboxylic acids is 2. The molecule has 1 heterocycles. The molecule has 1 aliphatic heterocycles. The van der Waals surface area contributed by atoms with Gasteiger partial charge in [0.1, 0.15) is 11.5 Å². The van der Waals surface area contributed by atoms with Gasteiger partial charge < -0.3 is 25.3 Å². The van der Waals surface area contributed by atoms with Gasteiger partial charge in [0.25, 0.3) is 0 Å². The number of primary amides is 1. The topological polar surface area (TPSA) is 124 Å². The van der Waals surface area contributed by atoms with E-state index >= 15 is 0 Å². The Labute approximate surface area is 202 Å². The highest BCUT2D eigenvalue weighted by atomic mass is 32.2. The number of esters is 1. The number of amides is 1. The maximum Gasteiger partial charge on any atom is 0.337 e. The van der Waals surface area contributed by atoms with Crippen molar-refractivity contribution >= 4 is 29.3 Å². The molecule has 9 heteroatoms. The average molecular weight is 480 g/mol. The van der Waals surface area contributed by atoms with Crippen LogP contribution in [-0.2, 0) is 14.3 Å². The van der Waals surface area contributed by atoms with Crippen LogP contribution in [0, 0.1) is 11.3 Å². The largest absolute Gasteiger partial charge is 0.497 e. The number of nitrogens with two attached hydrogens (primary N) is 1. The predicted molar refractivity (Wildman–Crippen MR) is 130 cm³/mol. The number of carbonyl (C=O) groups is 2. The molecule has 0 saturated heterocycles. The van der Waals surface area contributed by atoms with Gasteiger partial charge in [-0.15, -0.1) is 0 Å². The molecule has 0 aromatic heterocycles. The predicted octanol–water partition coefficient (Wildman–Crippen LogP) is 3.32. The zero-order valence-electron chi connectivity index (χ0n) is 19.1. The van der Waals surface area contributed by atoms with Gasteiger partial charge in [0.2, 0.25) is 5.91 Å². The van der Waals surface area contributed by atoms with Gasteiger partial charge >= 0.3 is 5.97 Å². The number of rotatable bonds is 9. The van der Waals surface area contributed by atoms with E-state index in [1.165, 1.54) is 14.2 Å². The third kappa shape index (κ3) is 5.18. The fourth-order valence-electron chi connectivity index (χ4n) is 3.68. The fraction of sp³-hybridized carbons (Fsp3) is 0.240. The zero-order valence-corrected chi connectivity index (χ0v) is 19.9. The standard InChI is InChI=1S/C25H25N3O5S/c1-4-33-25(30)22-21(17-12-16(31-2)10-11-19(17)32-3)18(13-26)24(34-14-20(27)29)28-23(22)15-8-6-5-7-9-15/h5-12,21,28H,4,14H2,1-3H3,(H2,27,29). The van der Waals surface area contributed by atoms with Gasteiger partial charge in [-0.05, 0) is 30.7 Å². The van der Waals surface area contributed by atoms with Gasteiger partial charge in [0.15, 0.2) is 0 Å². The van der Waals surface area contributed by atoms with Crippen molar-refractivity contribution in [2.75, 3.05) is 26.6 Å². The third-order valence-electron chi connectivity index (χ3n) is 5.11. The van der Waals surface area contributed by atoms with E-state index in [0.717, 1.165) is 11.8 Å². The summed E-state index contributed by atoms with van der Waals surface area (Å²) < 4.78 is 16.4. The average Bonchev–Trinajstić information content (AvgIpc) is 2.86. The molecule has 1 atom stereocenters. The molecule has 3 rings (SSSR count). The molecule has 0 fully saturated rings. The number of nitriles is 1. The maximum atomic E-state index is 13.3. The minimum atomic E-state index is -0.846. The molecular weight excluding hydrogens is 454 g/mol. The van der Waals surface area contributed by atoms with Crippen LogP contribution in [0.2, 0.25) is 0 Å². The first-order valence-corrected chi connectivity index (χ1v) is 11.4. The molecule has 3 N–H and O–H groups in total. The minimum absolute atomic E-state index is 0.0493. The van der Waals surface area contributed by atoms with Gasteiger partial charge in [-0.1, -0.05) is 42.1 Å². The van der Waals surface area contributed by atoms with Crippen molar-refractivity contribution in [1.29, 1.82) is 5.26 Å². The highest BCUT2D eigenvalue weighted by molar-refractivity contribution is 8.03. The molecule has 0 bridgehead atoms. The zero-order chi connectivity index (χ0) is 24.7. The summed E-state index contributed by atoms with van der Waals surface area (Å²) in [6, 6.07) is 16.6. The Kier molecular flexibility index (Phi) is 8.22. The molecule has 176 valence electrons. The number of thioether (sulfide) groups is 1. The quantitative estimate of drug-likeness (QED) is 0.525. The number of methoxy groups -OCH3 is 2. The van der Waals surface area contributed by atoms with Crippen LogP contribution in [0.5, 0.6) is 11.5 Å². The highest BCUT2D eigenvalue weighted by Crippen LogP contribution is 2.46. The van der Waals surface area contributed by atoms with E-state index in [1.807, 2.05) is 30.3 Å². The van der Waals surface area contributed by atoms with Crippen molar-refractivity contribution in [3.8, 4) is 17.6 Å². The number of hydrogen-bond donors (Lipinski definition) is 2. The van der Waals surface area contributed by atoms with Crippen molar-refractivity contribution in [2.45, 2.75) is 12.8 Å². The number of dihydropyridines is 1. The lowest BCUT2D eigenvalue weighted by atomic mass is 9.80. The molecule has 1 aliphatic rings. The number of hydrogen-bond acceptors (Lipinski definition) is 8. The van der Waals surface area contributed by atoms with Crippen LogP contribution in [0.4, 0.5) is 0 Å². The van der Waals surface area contributed by atoms with Crippen molar-refractivity contribution < 1.29 is 23.8 Å². The second-order valence-electron chi connectivity index (χ2n) is 7.15. The SMILES string of the molecule is CCOC(=O)C1=C(c2ccccc2)NC(SCC(N)=O)=C(C#N)C1c1cc(OC)ccc1OC. The van der Waals surface area contributed by atoms with E-state index in [0.29, 0.717) is 33.4 Å². The molecule has 0 radical (unpaired) electrons. The number of allylic oxidation sites excluding steroid dienone is 1. The monoisotopic (exact) mass is 479 g/mol. The third-order valence-corrected chi connectivity index (χ3v) is 6.15. The molecule has 34 heavy (non-hydrogen) atoms. The fourth-order valence-corrected chi connectivity index (χ4v) is 4.46. The van der Waals surface area contributed by atoms with E-state index < -0.39 is 17.8 Å². The lowest BCUT2D eigenvalue weighted by molar-refractivity contribution is -0.138. The second kappa shape index (κ2) is 11.3. The highest BCUT2D eigenvalue weighted by Gasteiger charge is 2.39. The molecule has 8 nitrogen and oxygen atoms in total. The Morgan fingerprint density at radius 2 is 1.88 bits per heavy atom. The van der Waals surface area contributed by atoms with E-state index in [9.17, 15) is 14.9 Å². The van der Waals surface area contributed by atoms with E-state index in [1.54, 1.807) is 25.1 Å². The molecule has 1 unspecified atom stereocenters. The van der Waals surface area contributed by atoms with Crippen LogP contribution in [0.15, 0.2) is 64.7 Å². The van der Waals surface area contributed by atoms with Crippen LogP contribution in [0.1, 0.15) is 24.0 Å². The summed E-state index contributed by atoms with van der Waals surface area (Å²) in [6.45, 7) is 1.87. The summed E-state index contributed by atoms with van der Waals surface area (Å²) in [7, 11) is 3.04. The summed E-state index contributed by atoms with van der Waals surface area (Å²) in [5, 5.41) is 13.8. The molecule has 2 aromatic rings. The number of nitrogens with zero attached hydrogens (tertiary/aromatic N) is 1. The number of benzene rings is 2. The van der Waals surface area contributed by atoms with Crippen LogP contribution < -0.4 is 20.5 Å². The van der Waals surface area contributed by atoms with E-state index in [4.69, 9.17) is 19.9 Å². The van der Waals surface area contributed by atoms with Gasteiger partial charge in [-0.2, -0.15) is 5.26 Å². The van der Waals surface area contributed by atoms with Crippen LogP contribution in [0.25, 0.3) is 5.70 Å². The Hall–Kier alpha value is -3.90. The number of ether oxygens (including phenoxy) is 3. The Morgan fingerprint density at radius 1 is 1.15 bits per heavy atom. The maximum absolute atomic E-state index is 13.3. The first-order valence-electron chi connectivity index (χ1n) is 10.5. The van der Waals surface area contributed by atoms with Crippen molar-refractivity contribution in [2.24, 2.45) is 5.73 Å². The Bertz CT molecular complexity index is 1180. The van der Waals surface area contributed by atoms with Gasteiger partial charge in [0.05, 0.1) is 60.4 Å². The normalized spacial score (nSPS) is 15.3. The van der Waals surface area contributed by atoms with E-state index in [2.05, 4.69) is 11.4 Å². The molecule has 0 spiro atoms. The van der Waals surface area contributed by atoms with Gasteiger partial charge in [-0.3, -0.25) is 4.79 Å². The summed E-state index contributed by atoms with van der Waals surface area (Å²) in [6.07, 6.45) is 0. The molecule has 0 aliphatic carbocycles. The second-order valence-corrected chi connectivity index (χ2v) is 8.14. The lowest BCUT2D eigenvalue weighted by Gasteiger charge is -2.31. The minimum Gasteiger partial charge on any atom is -0.497 e. The smallest absolute Gasteiger partial charge is 0.337 e. The Balaban J connectivity index is 2.36. The first-order chi connectivity index (χ1) is 16.4. The molecule has 2 aromatic carbocycles. The Morgan fingerprint density at radius 3 is 2.47 bits per heavy atom. The number of nitrogens with one attached hydrogen (secondary N) is 1. The van der Waals surface area contributed by atoms with Crippen LogP contribution in [0.3, 0.4) is 0 Å². The summed E-state index contributed by atoms with van der Waals surface area (Å²) in [4.78, 5) is 24.9. The summed E-state index contributed by atoms with van der Waals surface area (Å²) in [5.41, 5.74) is 7.59.